The highest BCUT2D eigenvalue weighted by atomic mass is 35.5. The predicted octanol–water partition coefficient (Wildman–Crippen LogP) is 3.47. The fourth-order valence-electron chi connectivity index (χ4n) is 2.76. The van der Waals surface area contributed by atoms with Gasteiger partial charge in [0.2, 0.25) is 0 Å². The first-order valence-electron chi connectivity index (χ1n) is 6.65. The number of rotatable bonds is 5. The molecule has 4 heteroatoms. The molecule has 2 N–H and O–H groups in total. The van der Waals surface area contributed by atoms with E-state index in [1.165, 1.54) is 11.1 Å². The molecule has 1 aliphatic rings. The first-order valence-corrected chi connectivity index (χ1v) is 7.03. The van der Waals surface area contributed by atoms with Crippen molar-refractivity contribution in [3.8, 4) is 11.5 Å². The predicted molar refractivity (Wildman–Crippen MR) is 78.6 cm³/mol. The highest BCUT2D eigenvalue weighted by molar-refractivity contribution is 6.32. The average Bonchev–Trinajstić information content (AvgIpc) is 3.17. The molecular formula is C15H22ClNO2. The van der Waals surface area contributed by atoms with Gasteiger partial charge in [-0.3, -0.25) is 0 Å². The molecule has 0 radical (unpaired) electrons. The second-order valence-electron chi connectivity index (χ2n) is 5.53. The van der Waals surface area contributed by atoms with Crippen molar-refractivity contribution in [3.63, 3.8) is 0 Å². The number of hydrogen-bond donors (Lipinski definition) is 1. The van der Waals surface area contributed by atoms with Crippen LogP contribution in [0.15, 0.2) is 6.07 Å². The van der Waals surface area contributed by atoms with Gasteiger partial charge in [0.1, 0.15) is 0 Å². The molecule has 19 heavy (non-hydrogen) atoms. The molecule has 0 atom stereocenters. The third kappa shape index (κ3) is 2.30. The first-order chi connectivity index (χ1) is 9.00. The Morgan fingerprint density at radius 1 is 1.26 bits per heavy atom. The fraction of sp³-hybridized carbons (Fsp3) is 0.600. The maximum absolute atomic E-state index is 6.34. The van der Waals surface area contributed by atoms with E-state index >= 15 is 0 Å². The topological polar surface area (TPSA) is 44.5 Å². The second-order valence-corrected chi connectivity index (χ2v) is 5.93. The second kappa shape index (κ2) is 5.22. The molecule has 1 aromatic rings. The van der Waals surface area contributed by atoms with E-state index in [-0.39, 0.29) is 5.41 Å². The van der Waals surface area contributed by atoms with Crippen molar-refractivity contribution in [1.29, 1.82) is 0 Å². The Bertz CT molecular complexity index is 482. The molecule has 0 bridgehead atoms. The zero-order valence-corrected chi connectivity index (χ0v) is 12.8. The summed E-state index contributed by atoms with van der Waals surface area (Å²) in [4.78, 5) is 0. The van der Waals surface area contributed by atoms with Gasteiger partial charge >= 0.3 is 0 Å². The van der Waals surface area contributed by atoms with Crippen LogP contribution in [0.3, 0.4) is 0 Å². The van der Waals surface area contributed by atoms with E-state index in [0.29, 0.717) is 23.2 Å². The highest BCUT2D eigenvalue weighted by Gasteiger charge is 2.45. The largest absolute Gasteiger partial charge is 0.492 e. The van der Waals surface area contributed by atoms with Crippen LogP contribution in [0.25, 0.3) is 0 Å². The molecule has 1 aliphatic carbocycles. The van der Waals surface area contributed by atoms with Crippen molar-refractivity contribution >= 4 is 11.6 Å². The number of ether oxygens (including phenoxy) is 2. The summed E-state index contributed by atoms with van der Waals surface area (Å²) in [6, 6.07) is 2.01. The van der Waals surface area contributed by atoms with Gasteiger partial charge in [0.05, 0.1) is 19.2 Å². The fourth-order valence-corrected chi connectivity index (χ4v) is 3.03. The summed E-state index contributed by atoms with van der Waals surface area (Å²) in [7, 11) is 3.27. The third-order valence-electron chi connectivity index (χ3n) is 4.03. The summed E-state index contributed by atoms with van der Waals surface area (Å²) in [5.74, 6) is 1.70. The minimum absolute atomic E-state index is 0.0861. The Labute approximate surface area is 120 Å². The Morgan fingerprint density at radius 3 is 2.21 bits per heavy atom. The van der Waals surface area contributed by atoms with E-state index < -0.39 is 0 Å². The maximum Gasteiger partial charge on any atom is 0.179 e. The van der Waals surface area contributed by atoms with Gasteiger partial charge in [0.25, 0.3) is 0 Å². The van der Waals surface area contributed by atoms with Gasteiger partial charge in [-0.1, -0.05) is 25.4 Å². The van der Waals surface area contributed by atoms with Gasteiger partial charge in [-0.2, -0.15) is 0 Å². The molecule has 2 rings (SSSR count). The van der Waals surface area contributed by atoms with E-state index in [4.69, 9.17) is 26.8 Å². The zero-order chi connectivity index (χ0) is 14.2. The Kier molecular flexibility index (Phi) is 3.98. The quantitative estimate of drug-likeness (QED) is 0.900. The molecule has 106 valence electrons. The van der Waals surface area contributed by atoms with Crippen LogP contribution >= 0.6 is 11.6 Å². The highest BCUT2D eigenvalue weighted by Crippen LogP contribution is 2.54. The lowest BCUT2D eigenvalue weighted by Gasteiger charge is -2.25. The molecule has 1 aromatic carbocycles. The van der Waals surface area contributed by atoms with Crippen LogP contribution in [0, 0.1) is 0 Å². The molecule has 0 amide bonds. The van der Waals surface area contributed by atoms with Gasteiger partial charge in [0.15, 0.2) is 11.5 Å². The molecular weight excluding hydrogens is 262 g/mol. The minimum atomic E-state index is 0.0861. The SMILES string of the molecule is COc1c(Cl)cc(C2(CN)CC2)c(C(C)C)c1OC. The van der Waals surface area contributed by atoms with Gasteiger partial charge < -0.3 is 15.2 Å². The van der Waals surface area contributed by atoms with E-state index in [2.05, 4.69) is 13.8 Å². The van der Waals surface area contributed by atoms with Gasteiger partial charge in [-0.25, -0.2) is 0 Å². The standard InChI is InChI=1S/C15H22ClNO2/c1-9(2)12-10(15(8-17)5-6-15)7-11(16)13(18-3)14(12)19-4/h7,9H,5-6,8,17H2,1-4H3. The minimum Gasteiger partial charge on any atom is -0.492 e. The summed E-state index contributed by atoms with van der Waals surface area (Å²) in [5.41, 5.74) is 8.46. The van der Waals surface area contributed by atoms with Gasteiger partial charge in [0, 0.05) is 17.5 Å². The number of halogens is 1. The van der Waals surface area contributed by atoms with Crippen LogP contribution in [0.5, 0.6) is 11.5 Å². The van der Waals surface area contributed by atoms with E-state index in [0.717, 1.165) is 18.6 Å². The summed E-state index contributed by atoms with van der Waals surface area (Å²) in [5, 5.41) is 0.596. The lowest BCUT2D eigenvalue weighted by Crippen LogP contribution is -2.22. The van der Waals surface area contributed by atoms with Crippen LogP contribution in [0.2, 0.25) is 5.02 Å². The lowest BCUT2D eigenvalue weighted by molar-refractivity contribution is 0.349. The van der Waals surface area contributed by atoms with Crippen LogP contribution < -0.4 is 15.2 Å². The summed E-state index contributed by atoms with van der Waals surface area (Å²) >= 11 is 6.34. The van der Waals surface area contributed by atoms with Crippen LogP contribution in [0.4, 0.5) is 0 Å². The Morgan fingerprint density at radius 2 is 1.84 bits per heavy atom. The first kappa shape index (κ1) is 14.5. The van der Waals surface area contributed by atoms with Crippen LogP contribution in [-0.4, -0.2) is 20.8 Å². The molecule has 0 spiro atoms. The Balaban J connectivity index is 2.70. The molecule has 1 saturated carbocycles. The summed E-state index contributed by atoms with van der Waals surface area (Å²) in [6.45, 7) is 4.96. The van der Waals surface area contributed by atoms with Gasteiger partial charge in [-0.15, -0.1) is 0 Å². The normalized spacial score (nSPS) is 16.6. The third-order valence-corrected chi connectivity index (χ3v) is 4.31. The summed E-state index contributed by atoms with van der Waals surface area (Å²) < 4.78 is 11.0. The van der Waals surface area contributed by atoms with Crippen molar-refractivity contribution < 1.29 is 9.47 Å². The van der Waals surface area contributed by atoms with Crippen LogP contribution in [-0.2, 0) is 5.41 Å². The molecule has 1 fully saturated rings. The lowest BCUT2D eigenvalue weighted by atomic mass is 9.85. The van der Waals surface area contributed by atoms with Crippen molar-refractivity contribution in [3.05, 3.63) is 22.2 Å². The van der Waals surface area contributed by atoms with Crippen molar-refractivity contribution in [1.82, 2.24) is 0 Å². The number of nitrogens with two attached hydrogens (primary N) is 1. The van der Waals surface area contributed by atoms with Crippen molar-refractivity contribution in [2.45, 2.75) is 38.0 Å². The van der Waals surface area contributed by atoms with E-state index in [9.17, 15) is 0 Å². The smallest absolute Gasteiger partial charge is 0.179 e. The average molecular weight is 284 g/mol. The molecule has 0 unspecified atom stereocenters. The van der Waals surface area contributed by atoms with Gasteiger partial charge in [-0.05, 0) is 30.4 Å². The van der Waals surface area contributed by atoms with Crippen LogP contribution in [0.1, 0.15) is 43.7 Å². The number of hydrogen-bond acceptors (Lipinski definition) is 3. The van der Waals surface area contributed by atoms with E-state index in [1.807, 2.05) is 6.07 Å². The van der Waals surface area contributed by atoms with Crippen molar-refractivity contribution in [2.75, 3.05) is 20.8 Å². The zero-order valence-electron chi connectivity index (χ0n) is 12.0. The summed E-state index contributed by atoms with van der Waals surface area (Å²) in [6.07, 6.45) is 2.24. The number of benzene rings is 1. The molecule has 0 saturated heterocycles. The molecule has 3 nitrogen and oxygen atoms in total. The van der Waals surface area contributed by atoms with Crippen molar-refractivity contribution in [2.24, 2.45) is 5.73 Å². The number of methoxy groups -OCH3 is 2. The monoisotopic (exact) mass is 283 g/mol. The molecule has 0 aromatic heterocycles. The molecule has 0 aliphatic heterocycles. The van der Waals surface area contributed by atoms with E-state index in [1.54, 1.807) is 14.2 Å². The molecule has 0 heterocycles. The Hall–Kier alpha value is -0.930. The maximum atomic E-state index is 6.34.